The van der Waals surface area contributed by atoms with Crippen LogP contribution in [0.4, 0.5) is 0 Å². The van der Waals surface area contributed by atoms with Gasteiger partial charge in [0.2, 0.25) is 0 Å². The molecule has 0 saturated heterocycles. The fourth-order valence-electron chi connectivity index (χ4n) is 6.81. The van der Waals surface area contributed by atoms with Crippen LogP contribution in [0.1, 0.15) is 219 Å². The van der Waals surface area contributed by atoms with Gasteiger partial charge in [-0.05, 0) is 77.0 Å². The summed E-state index contributed by atoms with van der Waals surface area (Å²) in [4.78, 5) is 22.6. The Morgan fingerprint density at radius 1 is 0.517 bits per heavy atom. The monoisotopic (exact) mass is 864 g/mol. The van der Waals surface area contributed by atoms with E-state index in [1.54, 1.807) is 0 Å². The fourth-order valence-corrected chi connectivity index (χ4v) is 7.57. The first kappa shape index (κ1) is 58.2. The molecule has 0 aromatic carbocycles. The molecule has 350 valence electrons. The van der Waals surface area contributed by atoms with Gasteiger partial charge in [0.25, 0.3) is 0 Å². The Balaban J connectivity index is 3.98. The van der Waals surface area contributed by atoms with Gasteiger partial charge in [-0.2, -0.15) is 0 Å². The molecule has 0 aliphatic carbocycles. The number of carbonyl (C=O) groups is 1. The lowest BCUT2D eigenvalue weighted by atomic mass is 10.1. The van der Waals surface area contributed by atoms with Crippen LogP contribution in [-0.2, 0) is 27.9 Å². The number of rotatable bonds is 47. The van der Waals surface area contributed by atoms with E-state index >= 15 is 0 Å². The lowest BCUT2D eigenvalue weighted by Crippen LogP contribution is -2.28. The zero-order valence-electron chi connectivity index (χ0n) is 38.9. The second kappa shape index (κ2) is 48.2. The average molecular weight is 864 g/mol. The van der Waals surface area contributed by atoms with E-state index in [0.717, 1.165) is 64.2 Å². The number of hydrogen-bond donors (Lipinski definition) is 2. The first-order chi connectivity index (χ1) is 29.4. The molecule has 0 aromatic heterocycles. The first-order valence-electron chi connectivity index (χ1n) is 24.8. The van der Waals surface area contributed by atoms with Crippen LogP contribution in [-0.4, -0.2) is 49.9 Å². The minimum absolute atomic E-state index is 0.0968. The van der Waals surface area contributed by atoms with Gasteiger partial charge >= 0.3 is 13.8 Å². The highest BCUT2D eigenvalue weighted by atomic mass is 31.2. The van der Waals surface area contributed by atoms with Crippen LogP contribution in [0, 0.1) is 0 Å². The lowest BCUT2D eigenvalue weighted by molar-refractivity contribution is -0.154. The number of hydrogen-bond acceptors (Lipinski definition) is 7. The van der Waals surface area contributed by atoms with Crippen molar-refractivity contribution < 1.29 is 32.8 Å². The van der Waals surface area contributed by atoms with E-state index in [9.17, 15) is 14.3 Å². The molecule has 0 fully saturated rings. The number of esters is 1. The summed E-state index contributed by atoms with van der Waals surface area (Å²) >= 11 is 0. The molecule has 0 rings (SSSR count). The third kappa shape index (κ3) is 47.3. The summed E-state index contributed by atoms with van der Waals surface area (Å²) in [7, 11) is -4.29. The molecule has 0 aliphatic heterocycles. The van der Waals surface area contributed by atoms with E-state index < -0.39 is 13.9 Å². The summed E-state index contributed by atoms with van der Waals surface area (Å²) in [5.41, 5.74) is 5.39. The zero-order valence-corrected chi connectivity index (χ0v) is 39.8. The number of phosphoric acid groups is 1. The number of nitrogens with two attached hydrogens (primary N) is 1. The number of carbonyl (C=O) groups excluding carboxylic acids is 1. The third-order valence-electron chi connectivity index (χ3n) is 10.4. The maximum absolute atomic E-state index is 12.6. The highest BCUT2D eigenvalue weighted by molar-refractivity contribution is 7.47. The van der Waals surface area contributed by atoms with E-state index in [-0.39, 0.29) is 32.3 Å². The van der Waals surface area contributed by atoms with Crippen molar-refractivity contribution in [3.63, 3.8) is 0 Å². The highest BCUT2D eigenvalue weighted by Gasteiger charge is 2.25. The van der Waals surface area contributed by atoms with Gasteiger partial charge in [-0.15, -0.1) is 0 Å². The van der Waals surface area contributed by atoms with Crippen molar-refractivity contribution in [1.82, 2.24) is 0 Å². The Morgan fingerprint density at radius 2 is 0.933 bits per heavy atom. The van der Waals surface area contributed by atoms with Crippen molar-refractivity contribution in [3.8, 4) is 0 Å². The van der Waals surface area contributed by atoms with Gasteiger partial charge < -0.3 is 20.1 Å². The Kier molecular flexibility index (Phi) is 46.8. The molecule has 0 bridgehead atoms. The van der Waals surface area contributed by atoms with Gasteiger partial charge in [-0.25, -0.2) is 4.57 Å². The topological polar surface area (TPSA) is 117 Å². The highest BCUT2D eigenvalue weighted by Crippen LogP contribution is 2.43. The second-order valence-electron chi connectivity index (χ2n) is 16.3. The third-order valence-corrected chi connectivity index (χ3v) is 11.4. The summed E-state index contributed by atoms with van der Waals surface area (Å²) in [6.07, 6.45) is 59.6. The summed E-state index contributed by atoms with van der Waals surface area (Å²) in [6.45, 7) is 4.81. The van der Waals surface area contributed by atoms with Crippen LogP contribution in [0.15, 0.2) is 60.8 Å². The van der Waals surface area contributed by atoms with Gasteiger partial charge in [-0.3, -0.25) is 13.8 Å². The maximum Gasteiger partial charge on any atom is 0.472 e. The first-order valence-corrected chi connectivity index (χ1v) is 26.3. The molecule has 0 saturated carbocycles. The maximum atomic E-state index is 12.6. The van der Waals surface area contributed by atoms with Crippen molar-refractivity contribution in [1.29, 1.82) is 0 Å². The molecule has 3 N–H and O–H groups in total. The van der Waals surface area contributed by atoms with Crippen molar-refractivity contribution >= 4 is 13.8 Å². The molecule has 8 nitrogen and oxygen atoms in total. The van der Waals surface area contributed by atoms with Gasteiger partial charge in [0, 0.05) is 19.6 Å². The van der Waals surface area contributed by atoms with Gasteiger partial charge in [0.15, 0.2) is 0 Å². The summed E-state index contributed by atoms with van der Waals surface area (Å²) in [5, 5.41) is 0. The smallest absolute Gasteiger partial charge is 0.457 e. The molecule has 2 unspecified atom stereocenters. The van der Waals surface area contributed by atoms with Crippen molar-refractivity contribution in [3.05, 3.63) is 60.8 Å². The van der Waals surface area contributed by atoms with Crippen LogP contribution in [0.5, 0.6) is 0 Å². The van der Waals surface area contributed by atoms with E-state index in [2.05, 4.69) is 74.6 Å². The van der Waals surface area contributed by atoms with E-state index in [1.165, 1.54) is 135 Å². The molecule has 0 amide bonds. The van der Waals surface area contributed by atoms with Crippen molar-refractivity contribution in [2.24, 2.45) is 5.73 Å². The minimum Gasteiger partial charge on any atom is -0.457 e. The minimum atomic E-state index is -4.29. The molecule has 0 radical (unpaired) electrons. The number of ether oxygens (including phenoxy) is 2. The van der Waals surface area contributed by atoms with Crippen LogP contribution in [0.2, 0.25) is 0 Å². The largest absolute Gasteiger partial charge is 0.472 e. The van der Waals surface area contributed by atoms with Crippen LogP contribution in [0.3, 0.4) is 0 Å². The van der Waals surface area contributed by atoms with Crippen LogP contribution >= 0.6 is 7.82 Å². The van der Waals surface area contributed by atoms with E-state index in [0.29, 0.717) is 13.0 Å². The number of unbranched alkanes of at least 4 members (excludes halogenated alkanes) is 24. The Labute approximate surface area is 370 Å². The van der Waals surface area contributed by atoms with Gasteiger partial charge in [0.05, 0.1) is 19.8 Å². The molecular weight excluding hydrogens is 770 g/mol. The molecule has 2 atom stereocenters. The SMILES string of the molecule is CC/C=C\C/C=C\C/C=C\C/C=C\CCCCCCCCCCC(=O)OC(COCCCCCCCCCCCC/C=C\CCCCCCCC)COP(=O)(O)OCCN. The molecule has 0 spiro atoms. The fraction of sp³-hybridized carbons (Fsp3) is 0.784. The Morgan fingerprint density at radius 3 is 1.42 bits per heavy atom. The van der Waals surface area contributed by atoms with E-state index in [4.69, 9.17) is 24.3 Å². The van der Waals surface area contributed by atoms with Crippen molar-refractivity contribution in [2.45, 2.75) is 225 Å². The Hall–Kier alpha value is -1.80. The lowest BCUT2D eigenvalue weighted by Gasteiger charge is -2.20. The number of allylic oxidation sites excluding steroid dienone is 10. The second-order valence-corrected chi connectivity index (χ2v) is 17.7. The Bertz CT molecular complexity index is 1110. The predicted molar refractivity (Wildman–Crippen MR) is 256 cm³/mol. The number of phosphoric ester groups is 1. The molecule has 0 aromatic rings. The quantitative estimate of drug-likeness (QED) is 0.0269. The van der Waals surface area contributed by atoms with E-state index in [1.807, 2.05) is 0 Å². The summed E-state index contributed by atoms with van der Waals surface area (Å²) in [6, 6.07) is 0. The van der Waals surface area contributed by atoms with Crippen LogP contribution < -0.4 is 5.73 Å². The van der Waals surface area contributed by atoms with Crippen LogP contribution in [0.25, 0.3) is 0 Å². The molecule has 0 aliphatic rings. The zero-order chi connectivity index (χ0) is 43.7. The summed E-state index contributed by atoms with van der Waals surface area (Å²) in [5.74, 6) is -0.339. The standard InChI is InChI=1S/C51H94NO7P/c1-3-5-7-9-11-13-15-17-19-21-23-25-26-28-30-32-34-36-38-40-42-44-51(53)59-50(49-58-60(54,55)57-47-45-52)48-56-46-43-41-39-37-35-33-31-29-27-24-22-20-18-16-14-12-10-8-6-4-2/h5,7,11,13,17-20,23,25,50H,3-4,6,8-10,12,14-16,21-22,24,26-49,52H2,1-2H3,(H,54,55)/b7-5-,13-11-,19-17-,20-18-,25-23-. The van der Waals surface area contributed by atoms with Gasteiger partial charge in [-0.1, -0.05) is 197 Å². The van der Waals surface area contributed by atoms with Gasteiger partial charge in [0.1, 0.15) is 6.10 Å². The van der Waals surface area contributed by atoms with Crippen molar-refractivity contribution in [2.75, 3.05) is 33.0 Å². The predicted octanol–water partition coefficient (Wildman–Crippen LogP) is 15.3. The summed E-state index contributed by atoms with van der Waals surface area (Å²) < 4.78 is 33.6. The molecular formula is C51H94NO7P. The molecule has 9 heteroatoms. The molecule has 60 heavy (non-hydrogen) atoms. The molecule has 0 heterocycles. The normalized spacial score (nSPS) is 13.9. The average Bonchev–Trinajstić information content (AvgIpc) is 3.24.